The van der Waals surface area contributed by atoms with Crippen LogP contribution in [0.4, 0.5) is 0 Å². The highest BCUT2D eigenvalue weighted by atomic mass is 15.4. The molecule has 0 aromatic carbocycles. The average molecular weight is 178 g/mol. The standard InChI is InChI=1S/C5H11N2.C5H5N/c1-7(2)4-3-6-5-7;1-2-4-6-5-3-1/h3-4,6H,5H2,1-2H3;1-5H/q+1;. The lowest BCUT2D eigenvalue weighted by atomic mass is 10.5. The fourth-order valence-corrected chi connectivity index (χ4v) is 0.908. The predicted molar refractivity (Wildman–Crippen MR) is 53.5 cm³/mol. The molecule has 3 nitrogen and oxygen atoms in total. The molecular formula is C10H16N3+. The molecule has 0 radical (unpaired) electrons. The number of nitrogens with one attached hydrogen (secondary N) is 1. The van der Waals surface area contributed by atoms with Crippen LogP contribution >= 0.6 is 0 Å². The van der Waals surface area contributed by atoms with Gasteiger partial charge in [0.1, 0.15) is 6.20 Å². The third kappa shape index (κ3) is 4.28. The van der Waals surface area contributed by atoms with E-state index in [9.17, 15) is 0 Å². The van der Waals surface area contributed by atoms with Gasteiger partial charge in [0.15, 0.2) is 6.67 Å². The van der Waals surface area contributed by atoms with Crippen molar-refractivity contribution in [2.24, 2.45) is 0 Å². The second-order valence-corrected chi connectivity index (χ2v) is 3.48. The number of quaternary nitrogens is 1. The van der Waals surface area contributed by atoms with Crippen LogP contribution in [0, 0.1) is 0 Å². The van der Waals surface area contributed by atoms with Gasteiger partial charge < -0.3 is 5.32 Å². The minimum absolute atomic E-state index is 0.958. The lowest BCUT2D eigenvalue weighted by molar-refractivity contribution is -0.834. The second-order valence-electron chi connectivity index (χ2n) is 3.48. The summed E-state index contributed by atoms with van der Waals surface area (Å²) in [6.07, 6.45) is 7.61. The molecule has 1 aliphatic rings. The quantitative estimate of drug-likeness (QED) is 0.603. The average Bonchev–Trinajstić information content (AvgIpc) is 2.54. The van der Waals surface area contributed by atoms with Crippen LogP contribution in [0.15, 0.2) is 43.0 Å². The van der Waals surface area contributed by atoms with Gasteiger partial charge in [-0.1, -0.05) is 6.07 Å². The Morgan fingerprint density at radius 2 is 1.85 bits per heavy atom. The maximum atomic E-state index is 3.78. The van der Waals surface area contributed by atoms with E-state index < -0.39 is 0 Å². The third-order valence-corrected chi connectivity index (χ3v) is 1.66. The van der Waals surface area contributed by atoms with E-state index in [2.05, 4.69) is 30.6 Å². The normalized spacial score (nSPS) is 17.1. The molecule has 1 aromatic heterocycles. The van der Waals surface area contributed by atoms with Gasteiger partial charge in [0, 0.05) is 12.4 Å². The van der Waals surface area contributed by atoms with Crippen LogP contribution in [-0.2, 0) is 0 Å². The van der Waals surface area contributed by atoms with Crippen molar-refractivity contribution in [1.29, 1.82) is 0 Å². The summed E-state index contributed by atoms with van der Waals surface area (Å²) >= 11 is 0. The fraction of sp³-hybridized carbons (Fsp3) is 0.300. The number of nitrogens with zero attached hydrogens (tertiary/aromatic N) is 2. The van der Waals surface area contributed by atoms with Gasteiger partial charge in [-0.2, -0.15) is 0 Å². The Bertz CT molecular complexity index is 227. The zero-order valence-electron chi connectivity index (χ0n) is 8.14. The van der Waals surface area contributed by atoms with Gasteiger partial charge in [-0.05, 0) is 12.1 Å². The summed E-state index contributed by atoms with van der Waals surface area (Å²) in [7, 11) is 4.30. The minimum atomic E-state index is 0.958. The van der Waals surface area contributed by atoms with E-state index in [1.54, 1.807) is 12.4 Å². The molecule has 0 saturated heterocycles. The van der Waals surface area contributed by atoms with Gasteiger partial charge >= 0.3 is 0 Å². The van der Waals surface area contributed by atoms with Crippen LogP contribution in [0.1, 0.15) is 0 Å². The second kappa shape index (κ2) is 4.62. The van der Waals surface area contributed by atoms with Crippen LogP contribution in [-0.4, -0.2) is 30.2 Å². The maximum absolute atomic E-state index is 3.78. The molecule has 0 fully saturated rings. The van der Waals surface area contributed by atoms with Gasteiger partial charge in [-0.15, -0.1) is 0 Å². The molecule has 0 spiro atoms. The molecular weight excluding hydrogens is 162 g/mol. The van der Waals surface area contributed by atoms with Crippen molar-refractivity contribution >= 4 is 0 Å². The van der Waals surface area contributed by atoms with Gasteiger partial charge in [0.25, 0.3) is 0 Å². The van der Waals surface area contributed by atoms with E-state index >= 15 is 0 Å². The third-order valence-electron chi connectivity index (χ3n) is 1.66. The lowest BCUT2D eigenvalue weighted by Gasteiger charge is -2.17. The zero-order valence-corrected chi connectivity index (χ0v) is 8.14. The van der Waals surface area contributed by atoms with Gasteiger partial charge in [0.2, 0.25) is 0 Å². The Kier molecular flexibility index (Phi) is 3.46. The number of rotatable bonds is 0. The van der Waals surface area contributed by atoms with Crippen LogP contribution in [0.2, 0.25) is 0 Å². The molecule has 3 heteroatoms. The topological polar surface area (TPSA) is 24.9 Å². The van der Waals surface area contributed by atoms with Gasteiger partial charge in [0.05, 0.1) is 20.3 Å². The van der Waals surface area contributed by atoms with E-state index in [4.69, 9.17) is 0 Å². The summed E-state index contributed by atoms with van der Waals surface area (Å²) in [5.74, 6) is 0. The first-order chi connectivity index (χ1) is 6.21. The predicted octanol–water partition coefficient (Wildman–Crippen LogP) is 1.18. The number of pyridine rings is 1. The molecule has 1 aliphatic heterocycles. The molecule has 70 valence electrons. The van der Waals surface area contributed by atoms with Crippen molar-refractivity contribution in [2.75, 3.05) is 20.8 Å². The van der Waals surface area contributed by atoms with E-state index in [1.165, 1.54) is 0 Å². The monoisotopic (exact) mass is 178 g/mol. The largest absolute Gasteiger partial charge is 0.340 e. The highest BCUT2D eigenvalue weighted by Crippen LogP contribution is 1.99. The Morgan fingerprint density at radius 1 is 1.15 bits per heavy atom. The van der Waals surface area contributed by atoms with Crippen LogP contribution in [0.3, 0.4) is 0 Å². The van der Waals surface area contributed by atoms with E-state index in [-0.39, 0.29) is 0 Å². The molecule has 0 saturated carbocycles. The molecule has 0 aliphatic carbocycles. The molecule has 2 heterocycles. The van der Waals surface area contributed by atoms with Crippen LogP contribution in [0.25, 0.3) is 0 Å². The van der Waals surface area contributed by atoms with Crippen LogP contribution < -0.4 is 5.32 Å². The molecule has 1 aromatic rings. The molecule has 0 amide bonds. The highest BCUT2D eigenvalue weighted by molar-refractivity contribution is 4.88. The Labute approximate surface area is 79.3 Å². The van der Waals surface area contributed by atoms with E-state index in [0.717, 1.165) is 11.2 Å². The van der Waals surface area contributed by atoms with Crippen LogP contribution in [0.5, 0.6) is 0 Å². The molecule has 0 atom stereocenters. The Balaban J connectivity index is 0.000000132. The fourth-order valence-electron chi connectivity index (χ4n) is 0.908. The minimum Gasteiger partial charge on any atom is -0.340 e. The number of hydrogen-bond donors (Lipinski definition) is 1. The summed E-state index contributed by atoms with van der Waals surface area (Å²) in [5.41, 5.74) is 0. The van der Waals surface area contributed by atoms with Gasteiger partial charge in [-0.3, -0.25) is 9.47 Å². The maximum Gasteiger partial charge on any atom is 0.155 e. The molecule has 13 heavy (non-hydrogen) atoms. The molecule has 0 unspecified atom stereocenters. The van der Waals surface area contributed by atoms with Crippen molar-refractivity contribution in [3.8, 4) is 0 Å². The summed E-state index contributed by atoms with van der Waals surface area (Å²) in [5, 5.41) is 3.10. The SMILES string of the molecule is C[N+]1(C)C=CNC1.c1ccncc1. The van der Waals surface area contributed by atoms with Crippen molar-refractivity contribution in [3.63, 3.8) is 0 Å². The summed E-state index contributed by atoms with van der Waals surface area (Å²) < 4.78 is 0.958. The summed E-state index contributed by atoms with van der Waals surface area (Å²) in [6.45, 7) is 1.03. The molecule has 1 N–H and O–H groups in total. The smallest absolute Gasteiger partial charge is 0.155 e. The first-order valence-corrected chi connectivity index (χ1v) is 4.29. The zero-order chi connectivity index (χ0) is 9.57. The Morgan fingerprint density at radius 3 is 2.00 bits per heavy atom. The highest BCUT2D eigenvalue weighted by Gasteiger charge is 2.12. The molecule has 2 rings (SSSR count). The first-order valence-electron chi connectivity index (χ1n) is 4.29. The summed E-state index contributed by atoms with van der Waals surface area (Å²) in [4.78, 5) is 3.78. The number of hydrogen-bond acceptors (Lipinski definition) is 2. The lowest BCUT2D eigenvalue weighted by Crippen LogP contribution is -2.34. The van der Waals surface area contributed by atoms with Crippen molar-refractivity contribution in [1.82, 2.24) is 10.3 Å². The summed E-state index contributed by atoms with van der Waals surface area (Å²) in [6, 6.07) is 5.72. The van der Waals surface area contributed by atoms with Gasteiger partial charge in [-0.25, -0.2) is 0 Å². The number of aromatic nitrogens is 1. The van der Waals surface area contributed by atoms with Crippen molar-refractivity contribution < 1.29 is 4.48 Å². The first kappa shape index (κ1) is 9.74. The molecule has 0 bridgehead atoms. The van der Waals surface area contributed by atoms with E-state index in [0.29, 0.717) is 0 Å². The van der Waals surface area contributed by atoms with Crippen molar-refractivity contribution in [3.05, 3.63) is 43.0 Å². The van der Waals surface area contributed by atoms with E-state index in [1.807, 2.05) is 24.4 Å². The van der Waals surface area contributed by atoms with Crippen molar-refractivity contribution in [2.45, 2.75) is 0 Å². The Hall–Kier alpha value is -1.35.